The van der Waals surface area contributed by atoms with Crippen molar-refractivity contribution in [2.75, 3.05) is 10.6 Å². The number of carbonyl (C=O) groups excluding carboxylic acids is 2. The van der Waals surface area contributed by atoms with Crippen molar-refractivity contribution in [3.63, 3.8) is 0 Å². The molecule has 5 heteroatoms. The molecule has 0 radical (unpaired) electrons. The maximum atomic E-state index is 13.7. The zero-order valence-electron chi connectivity index (χ0n) is 14.3. The van der Waals surface area contributed by atoms with Crippen molar-refractivity contribution < 1.29 is 14.0 Å². The first-order valence-corrected chi connectivity index (χ1v) is 7.99. The fraction of sp³-hybridized carbons (Fsp3) is 0.200. The molecule has 0 saturated carbocycles. The first kappa shape index (κ1) is 16.9. The minimum atomic E-state index is -0.645. The fourth-order valence-electron chi connectivity index (χ4n) is 2.77. The molecule has 1 aliphatic heterocycles. The van der Waals surface area contributed by atoms with E-state index in [2.05, 4.69) is 10.6 Å². The highest BCUT2D eigenvalue weighted by Gasteiger charge is 2.38. The Hall–Kier alpha value is -2.95. The Labute approximate surface area is 145 Å². The van der Waals surface area contributed by atoms with Crippen molar-refractivity contribution in [3.8, 4) is 0 Å². The number of fused-ring (bicyclic) bond motifs is 1. The number of anilines is 2. The number of benzene rings is 2. The van der Waals surface area contributed by atoms with E-state index in [0.717, 1.165) is 11.3 Å². The molecule has 1 aliphatic rings. The molecule has 1 heterocycles. The molecule has 0 bridgehead atoms. The number of amides is 2. The summed E-state index contributed by atoms with van der Waals surface area (Å²) >= 11 is 0. The number of hydrogen-bond acceptors (Lipinski definition) is 2. The Kier molecular flexibility index (Phi) is 4.17. The molecule has 0 aliphatic carbocycles. The van der Waals surface area contributed by atoms with E-state index in [1.165, 1.54) is 12.1 Å². The Morgan fingerprint density at radius 2 is 1.92 bits per heavy atom. The van der Waals surface area contributed by atoms with Crippen LogP contribution in [0.5, 0.6) is 0 Å². The molecule has 0 spiro atoms. The largest absolute Gasteiger partial charge is 0.325 e. The van der Waals surface area contributed by atoms with Gasteiger partial charge < -0.3 is 10.6 Å². The van der Waals surface area contributed by atoms with Crippen LogP contribution < -0.4 is 10.6 Å². The van der Waals surface area contributed by atoms with Crippen molar-refractivity contribution in [3.05, 3.63) is 65.0 Å². The van der Waals surface area contributed by atoms with Gasteiger partial charge in [0.25, 0.3) is 5.91 Å². The third-order valence-corrected chi connectivity index (χ3v) is 4.40. The summed E-state index contributed by atoms with van der Waals surface area (Å²) in [5.74, 6) is -0.765. The second kappa shape index (κ2) is 6.16. The first-order valence-electron chi connectivity index (χ1n) is 7.99. The number of nitrogens with one attached hydrogen (secondary N) is 2. The highest BCUT2D eigenvalue weighted by molar-refractivity contribution is 6.08. The van der Waals surface area contributed by atoms with Crippen LogP contribution in [0.4, 0.5) is 15.8 Å². The van der Waals surface area contributed by atoms with Crippen LogP contribution in [0.15, 0.2) is 48.0 Å². The number of rotatable bonds is 3. The molecule has 2 amide bonds. The number of hydrogen-bond donors (Lipinski definition) is 2. The predicted molar refractivity (Wildman–Crippen MR) is 96.8 cm³/mol. The summed E-state index contributed by atoms with van der Waals surface area (Å²) in [5, 5.41) is 5.62. The van der Waals surface area contributed by atoms with Crippen molar-refractivity contribution in [1.82, 2.24) is 0 Å². The highest BCUT2D eigenvalue weighted by Crippen LogP contribution is 2.38. The maximum Gasteiger partial charge on any atom is 0.251 e. The summed E-state index contributed by atoms with van der Waals surface area (Å²) in [7, 11) is 0. The van der Waals surface area contributed by atoms with Gasteiger partial charge in [-0.05, 0) is 56.7 Å². The van der Waals surface area contributed by atoms with Crippen molar-refractivity contribution >= 4 is 29.3 Å². The molecule has 2 aromatic carbocycles. The van der Waals surface area contributed by atoms with E-state index in [9.17, 15) is 14.0 Å². The van der Waals surface area contributed by atoms with Gasteiger partial charge >= 0.3 is 0 Å². The van der Waals surface area contributed by atoms with E-state index < -0.39 is 5.41 Å². The maximum absolute atomic E-state index is 13.7. The molecule has 128 valence electrons. The van der Waals surface area contributed by atoms with Crippen LogP contribution in [0.1, 0.15) is 31.9 Å². The van der Waals surface area contributed by atoms with E-state index in [-0.39, 0.29) is 17.6 Å². The van der Waals surface area contributed by atoms with Gasteiger partial charge in [-0.3, -0.25) is 9.59 Å². The summed E-state index contributed by atoms with van der Waals surface area (Å²) in [6.07, 6.45) is 1.51. The van der Waals surface area contributed by atoms with E-state index in [1.807, 2.05) is 13.8 Å². The average Bonchev–Trinajstić information content (AvgIpc) is 2.79. The Morgan fingerprint density at radius 1 is 1.20 bits per heavy atom. The molecule has 0 unspecified atom stereocenters. The van der Waals surface area contributed by atoms with Crippen LogP contribution in [-0.2, 0) is 15.0 Å². The molecule has 0 fully saturated rings. The first-order chi connectivity index (χ1) is 11.8. The van der Waals surface area contributed by atoms with E-state index in [1.54, 1.807) is 43.3 Å². The molecular formula is C20H19FN2O2. The van der Waals surface area contributed by atoms with Gasteiger partial charge in [-0.1, -0.05) is 18.2 Å². The van der Waals surface area contributed by atoms with Crippen molar-refractivity contribution in [2.45, 2.75) is 26.2 Å². The monoisotopic (exact) mass is 338 g/mol. The zero-order chi connectivity index (χ0) is 18.2. The Morgan fingerprint density at radius 3 is 2.64 bits per heavy atom. The van der Waals surface area contributed by atoms with E-state index >= 15 is 0 Å². The smallest absolute Gasteiger partial charge is 0.251 e. The predicted octanol–water partition coefficient (Wildman–Crippen LogP) is 4.10. The van der Waals surface area contributed by atoms with Crippen LogP contribution >= 0.6 is 0 Å². The van der Waals surface area contributed by atoms with Gasteiger partial charge in [0.05, 0.1) is 5.41 Å². The van der Waals surface area contributed by atoms with Crippen LogP contribution in [0.2, 0.25) is 0 Å². The minimum absolute atomic E-state index is 0.0680. The second-order valence-electron chi connectivity index (χ2n) is 6.64. The molecule has 2 aromatic rings. The van der Waals surface area contributed by atoms with Gasteiger partial charge in [0.1, 0.15) is 5.82 Å². The molecule has 0 atom stereocenters. The quantitative estimate of drug-likeness (QED) is 0.828. The van der Waals surface area contributed by atoms with Gasteiger partial charge in [0.15, 0.2) is 0 Å². The lowest BCUT2D eigenvalue weighted by atomic mass is 9.86. The molecule has 4 nitrogen and oxygen atoms in total. The molecule has 25 heavy (non-hydrogen) atoms. The zero-order valence-corrected chi connectivity index (χ0v) is 14.3. The number of carbonyl (C=O) groups is 2. The lowest BCUT2D eigenvalue weighted by molar-refractivity contribution is -0.119. The standard InChI is InChI=1S/C20H19FN2O2/c1-12(10-13-6-4-5-7-16(13)21)18(24)22-14-8-9-17-15(11-14)20(2,3)19(25)23-17/h4-11H,1-3H3,(H,22,24)(H,23,25)/b12-10+. The average molecular weight is 338 g/mol. The van der Waals surface area contributed by atoms with Gasteiger partial charge in [-0.15, -0.1) is 0 Å². The normalized spacial score (nSPS) is 15.5. The lowest BCUT2D eigenvalue weighted by Crippen LogP contribution is -2.26. The van der Waals surface area contributed by atoms with Gasteiger partial charge in [-0.2, -0.15) is 0 Å². The molecular weight excluding hydrogens is 319 g/mol. The van der Waals surface area contributed by atoms with Gasteiger partial charge in [0, 0.05) is 22.5 Å². The minimum Gasteiger partial charge on any atom is -0.325 e. The SMILES string of the molecule is C/C(=C\c1ccccc1F)C(=O)Nc1ccc2c(c1)C(C)(C)C(=O)N2. The summed E-state index contributed by atoms with van der Waals surface area (Å²) in [4.78, 5) is 24.4. The highest BCUT2D eigenvalue weighted by atomic mass is 19.1. The molecule has 3 rings (SSSR count). The van der Waals surface area contributed by atoms with E-state index in [0.29, 0.717) is 16.8 Å². The molecule has 0 aromatic heterocycles. The summed E-state index contributed by atoms with van der Waals surface area (Å²) in [5.41, 5.74) is 2.29. The Bertz CT molecular complexity index is 900. The Balaban J connectivity index is 1.82. The summed E-state index contributed by atoms with van der Waals surface area (Å²) < 4.78 is 13.7. The summed E-state index contributed by atoms with van der Waals surface area (Å²) in [6, 6.07) is 11.6. The van der Waals surface area contributed by atoms with Gasteiger partial charge in [0.2, 0.25) is 5.91 Å². The summed E-state index contributed by atoms with van der Waals surface area (Å²) in [6.45, 7) is 5.30. The van der Waals surface area contributed by atoms with Crippen molar-refractivity contribution in [2.24, 2.45) is 0 Å². The lowest BCUT2D eigenvalue weighted by Gasteiger charge is -2.16. The van der Waals surface area contributed by atoms with Crippen LogP contribution in [0.25, 0.3) is 6.08 Å². The number of halogens is 1. The third kappa shape index (κ3) is 3.18. The molecule has 2 N–H and O–H groups in total. The third-order valence-electron chi connectivity index (χ3n) is 4.40. The van der Waals surface area contributed by atoms with Gasteiger partial charge in [-0.25, -0.2) is 4.39 Å². The van der Waals surface area contributed by atoms with Crippen molar-refractivity contribution in [1.29, 1.82) is 0 Å². The van der Waals surface area contributed by atoms with E-state index in [4.69, 9.17) is 0 Å². The van der Waals surface area contributed by atoms with Crippen LogP contribution in [0, 0.1) is 5.82 Å². The van der Waals surface area contributed by atoms with Crippen LogP contribution in [0.3, 0.4) is 0 Å². The second-order valence-corrected chi connectivity index (χ2v) is 6.64. The topological polar surface area (TPSA) is 58.2 Å². The fourth-order valence-corrected chi connectivity index (χ4v) is 2.77. The molecule has 0 saturated heterocycles. The van der Waals surface area contributed by atoms with Crippen LogP contribution in [-0.4, -0.2) is 11.8 Å².